The fourth-order valence-corrected chi connectivity index (χ4v) is 12.2. The average Bonchev–Trinajstić information content (AvgIpc) is 3.47. The average molecular weight is 703 g/mol. The molecule has 0 bridgehead atoms. The summed E-state index contributed by atoms with van der Waals surface area (Å²) in [6, 6.07) is 0. The molecule has 4 saturated carbocycles. The standard InChI is InChI=1S/C49H82O2/c1-8-10-11-12-13-14-15-16-17-18-19-20-21-22-23-24-25-26-47(50)51-42-33-35-48(6)41(37-42)29-30-43-45-32-31-44(49(45,7)36-34-46(43)48)39(5)27-28-40(9-2)38(3)4/h13-14,16-17,19-20,22-23,38-46H,8-12,15,18,21,24-37H2,1-7H3/b14-13-,17-16-,20-19-,23-22-/t39-,40-,41?,42?,43+,44-,45+,46+,48+,49-/m1/s1. The van der Waals surface area contributed by atoms with Gasteiger partial charge in [0.2, 0.25) is 0 Å². The monoisotopic (exact) mass is 703 g/mol. The van der Waals surface area contributed by atoms with E-state index < -0.39 is 0 Å². The fraction of sp³-hybridized carbons (Fsp3) is 0.816. The summed E-state index contributed by atoms with van der Waals surface area (Å²) in [5.74, 6) is 7.03. The smallest absolute Gasteiger partial charge is 0.306 e. The van der Waals surface area contributed by atoms with Crippen LogP contribution in [0.4, 0.5) is 0 Å². The van der Waals surface area contributed by atoms with E-state index in [4.69, 9.17) is 4.74 Å². The molecular formula is C49H82O2. The second kappa shape index (κ2) is 21.4. The molecule has 10 atom stereocenters. The van der Waals surface area contributed by atoms with Gasteiger partial charge in [-0.2, -0.15) is 0 Å². The van der Waals surface area contributed by atoms with Gasteiger partial charge in [-0.25, -0.2) is 0 Å². The number of hydrogen-bond acceptors (Lipinski definition) is 2. The molecule has 0 saturated heterocycles. The Morgan fingerprint density at radius 2 is 1.33 bits per heavy atom. The van der Waals surface area contributed by atoms with Gasteiger partial charge in [0.05, 0.1) is 0 Å². The first-order chi connectivity index (χ1) is 24.6. The molecule has 0 heterocycles. The number of rotatable bonds is 21. The largest absolute Gasteiger partial charge is 0.462 e. The van der Waals surface area contributed by atoms with E-state index in [0.29, 0.717) is 17.3 Å². The zero-order valence-corrected chi connectivity index (χ0v) is 34.7. The molecule has 0 aromatic rings. The van der Waals surface area contributed by atoms with Crippen LogP contribution >= 0.6 is 0 Å². The SMILES string of the molecule is CCCCC/C=C\C/C=C\C/C=C\C/C=C\CCCC(=O)OC1CC[C@@]2(C)C(CC[C@H]3[C@@H]4CC[C@H]([C@H](C)CC[C@@H](CC)C(C)C)[C@@]4(C)CC[C@@H]32)C1. The van der Waals surface area contributed by atoms with Crippen molar-refractivity contribution in [2.45, 2.75) is 196 Å². The van der Waals surface area contributed by atoms with Crippen LogP contribution < -0.4 is 0 Å². The van der Waals surface area contributed by atoms with Crippen molar-refractivity contribution in [1.29, 1.82) is 0 Å². The minimum Gasteiger partial charge on any atom is -0.462 e. The topological polar surface area (TPSA) is 26.3 Å². The first-order valence-corrected chi connectivity index (χ1v) is 22.4. The Morgan fingerprint density at radius 1 is 0.706 bits per heavy atom. The number of carbonyl (C=O) groups is 1. The zero-order valence-electron chi connectivity index (χ0n) is 34.7. The highest BCUT2D eigenvalue weighted by Crippen LogP contribution is 2.68. The van der Waals surface area contributed by atoms with Gasteiger partial charge in [-0.3, -0.25) is 4.79 Å². The van der Waals surface area contributed by atoms with Crippen LogP contribution in [0.25, 0.3) is 0 Å². The minimum absolute atomic E-state index is 0.0337. The molecule has 4 fully saturated rings. The van der Waals surface area contributed by atoms with E-state index in [1.165, 1.54) is 89.9 Å². The number of allylic oxidation sites excluding steroid dienone is 8. The van der Waals surface area contributed by atoms with Gasteiger partial charge in [0.25, 0.3) is 0 Å². The van der Waals surface area contributed by atoms with E-state index in [9.17, 15) is 4.79 Å². The van der Waals surface area contributed by atoms with E-state index in [2.05, 4.69) is 97.1 Å². The second-order valence-electron chi connectivity index (χ2n) is 18.7. The van der Waals surface area contributed by atoms with Gasteiger partial charge < -0.3 is 4.74 Å². The van der Waals surface area contributed by atoms with Gasteiger partial charge >= 0.3 is 5.97 Å². The number of fused-ring (bicyclic) bond motifs is 5. The summed E-state index contributed by atoms with van der Waals surface area (Å²) in [5.41, 5.74) is 1.01. The lowest BCUT2D eigenvalue weighted by Gasteiger charge is -2.61. The molecule has 2 nitrogen and oxygen atoms in total. The van der Waals surface area contributed by atoms with Crippen LogP contribution in [0.3, 0.4) is 0 Å². The molecule has 4 aliphatic carbocycles. The first-order valence-electron chi connectivity index (χ1n) is 22.4. The van der Waals surface area contributed by atoms with Crippen LogP contribution in [0.15, 0.2) is 48.6 Å². The van der Waals surface area contributed by atoms with Crippen molar-refractivity contribution in [3.63, 3.8) is 0 Å². The molecule has 4 rings (SSSR count). The highest BCUT2D eigenvalue weighted by atomic mass is 16.5. The molecule has 0 aromatic carbocycles. The summed E-state index contributed by atoms with van der Waals surface area (Å²) in [6.07, 6.45) is 45.1. The lowest BCUT2D eigenvalue weighted by atomic mass is 9.44. The van der Waals surface area contributed by atoms with Crippen molar-refractivity contribution in [3.8, 4) is 0 Å². The number of hydrogen-bond donors (Lipinski definition) is 0. The molecule has 51 heavy (non-hydrogen) atoms. The van der Waals surface area contributed by atoms with Gasteiger partial charge in [0.15, 0.2) is 0 Å². The maximum atomic E-state index is 12.9. The van der Waals surface area contributed by atoms with Gasteiger partial charge in [-0.1, -0.05) is 123 Å². The van der Waals surface area contributed by atoms with E-state index in [1.54, 1.807) is 0 Å². The van der Waals surface area contributed by atoms with Gasteiger partial charge in [-0.15, -0.1) is 0 Å². The Morgan fingerprint density at radius 3 is 1.98 bits per heavy atom. The molecule has 0 aliphatic heterocycles. The van der Waals surface area contributed by atoms with Crippen molar-refractivity contribution in [1.82, 2.24) is 0 Å². The normalized spacial score (nSPS) is 33.6. The zero-order chi connectivity index (χ0) is 36.7. The number of carbonyl (C=O) groups excluding carboxylic acids is 1. The second-order valence-corrected chi connectivity index (χ2v) is 18.7. The third-order valence-electron chi connectivity index (χ3n) is 15.3. The minimum atomic E-state index is 0.0337. The summed E-state index contributed by atoms with van der Waals surface area (Å²) in [4.78, 5) is 12.9. The quantitative estimate of drug-likeness (QED) is 0.0676. The van der Waals surface area contributed by atoms with Crippen LogP contribution in [-0.2, 0) is 9.53 Å². The molecule has 2 unspecified atom stereocenters. The van der Waals surface area contributed by atoms with Crippen LogP contribution in [0.5, 0.6) is 0 Å². The van der Waals surface area contributed by atoms with Crippen molar-refractivity contribution >= 4 is 5.97 Å². The van der Waals surface area contributed by atoms with Gasteiger partial charge in [0, 0.05) is 6.42 Å². The van der Waals surface area contributed by atoms with Crippen LogP contribution in [0.1, 0.15) is 190 Å². The molecule has 0 aromatic heterocycles. The highest BCUT2D eigenvalue weighted by Gasteiger charge is 2.60. The molecule has 2 heteroatoms. The van der Waals surface area contributed by atoms with Crippen molar-refractivity contribution in [2.75, 3.05) is 0 Å². The third kappa shape index (κ3) is 11.7. The first kappa shape index (κ1) is 42.2. The highest BCUT2D eigenvalue weighted by molar-refractivity contribution is 5.69. The molecule has 290 valence electrons. The summed E-state index contributed by atoms with van der Waals surface area (Å²) >= 11 is 0. The van der Waals surface area contributed by atoms with Gasteiger partial charge in [-0.05, 0) is 167 Å². The van der Waals surface area contributed by atoms with Crippen LogP contribution in [0.2, 0.25) is 0 Å². The van der Waals surface area contributed by atoms with Crippen LogP contribution in [0, 0.1) is 58.2 Å². The van der Waals surface area contributed by atoms with Crippen molar-refractivity contribution < 1.29 is 9.53 Å². The Bertz CT molecular complexity index is 1130. The number of esters is 1. The van der Waals surface area contributed by atoms with E-state index in [0.717, 1.165) is 92.3 Å². The van der Waals surface area contributed by atoms with Gasteiger partial charge in [0.1, 0.15) is 6.10 Å². The lowest BCUT2D eigenvalue weighted by molar-refractivity contribution is -0.162. The number of ether oxygens (including phenoxy) is 1. The Labute approximate surface area is 317 Å². The predicted molar refractivity (Wildman–Crippen MR) is 221 cm³/mol. The van der Waals surface area contributed by atoms with Crippen molar-refractivity contribution in [3.05, 3.63) is 48.6 Å². The molecule has 0 spiro atoms. The molecule has 0 amide bonds. The third-order valence-corrected chi connectivity index (χ3v) is 15.3. The van der Waals surface area contributed by atoms with Crippen LogP contribution in [-0.4, -0.2) is 12.1 Å². The summed E-state index contributed by atoms with van der Waals surface area (Å²) in [7, 11) is 0. The molecule has 0 N–H and O–H groups in total. The summed E-state index contributed by atoms with van der Waals surface area (Å²) in [6.45, 7) is 17.5. The fourth-order valence-electron chi connectivity index (χ4n) is 12.2. The van der Waals surface area contributed by atoms with E-state index >= 15 is 0 Å². The maximum Gasteiger partial charge on any atom is 0.306 e. The molecule has 4 aliphatic rings. The maximum absolute atomic E-state index is 12.9. The summed E-state index contributed by atoms with van der Waals surface area (Å²) in [5, 5.41) is 0. The van der Waals surface area contributed by atoms with E-state index in [-0.39, 0.29) is 12.1 Å². The number of unbranched alkanes of at least 4 members (excludes halogenated alkanes) is 4. The predicted octanol–water partition coefficient (Wildman–Crippen LogP) is 14.8. The van der Waals surface area contributed by atoms with Crippen molar-refractivity contribution in [2.24, 2.45) is 58.2 Å². The molecule has 0 radical (unpaired) electrons. The Hall–Kier alpha value is -1.57. The summed E-state index contributed by atoms with van der Waals surface area (Å²) < 4.78 is 6.15. The van der Waals surface area contributed by atoms with E-state index in [1.807, 2.05) is 0 Å². The Balaban J connectivity index is 1.12. The lowest BCUT2D eigenvalue weighted by Crippen LogP contribution is -2.54. The molecular weight excluding hydrogens is 621 g/mol. The Kier molecular flexibility index (Phi) is 17.7.